The normalized spacial score (nSPS) is 39.1. The van der Waals surface area contributed by atoms with Crippen molar-refractivity contribution in [2.45, 2.75) is 46.0 Å². The second kappa shape index (κ2) is 2.50. The van der Waals surface area contributed by atoms with Gasteiger partial charge in [0.25, 0.3) is 0 Å². The zero-order valence-electron chi connectivity index (χ0n) is 9.10. The van der Waals surface area contributed by atoms with Gasteiger partial charge in [0, 0.05) is 6.42 Å². The quantitative estimate of drug-likeness (QED) is 0.573. The summed E-state index contributed by atoms with van der Waals surface area (Å²) in [6.45, 7) is 4.47. The number of hydrogen-bond donors (Lipinski definition) is 0. The van der Waals surface area contributed by atoms with Crippen molar-refractivity contribution in [2.24, 2.45) is 17.3 Å². The van der Waals surface area contributed by atoms with Crippen LogP contribution in [0.25, 0.3) is 0 Å². The Hall–Kier alpha value is -0.590. The Morgan fingerprint density at radius 1 is 1.14 bits per heavy atom. The van der Waals surface area contributed by atoms with E-state index >= 15 is 0 Å². The maximum atomic E-state index is 12.0. The smallest absolute Gasteiger partial charge is 0.159 e. The molecule has 3 rings (SSSR count). The van der Waals surface area contributed by atoms with E-state index in [2.05, 4.69) is 13.8 Å². The minimum absolute atomic E-state index is 0.240. The van der Waals surface area contributed by atoms with Crippen LogP contribution in [0.2, 0.25) is 0 Å². The van der Waals surface area contributed by atoms with E-state index < -0.39 is 0 Å². The molecule has 0 aromatic heterocycles. The van der Waals surface area contributed by atoms with Crippen LogP contribution in [0.15, 0.2) is 11.1 Å². The first-order valence-electron chi connectivity index (χ1n) is 5.85. The lowest BCUT2D eigenvalue weighted by molar-refractivity contribution is -0.119. The Labute approximate surface area is 85.6 Å². The lowest BCUT2D eigenvalue weighted by atomic mass is 9.58. The standard InChI is InChI=1S/C13H18O/c1-13(2)6-10-8-4-3-5-9(8)12(10)11(14)7-13/h8-9H,3-7H2,1-2H3. The number of allylic oxidation sites excluding steroid dienone is 2. The van der Waals surface area contributed by atoms with Gasteiger partial charge in [-0.2, -0.15) is 0 Å². The van der Waals surface area contributed by atoms with Crippen LogP contribution in [0.3, 0.4) is 0 Å². The van der Waals surface area contributed by atoms with Crippen molar-refractivity contribution < 1.29 is 4.79 Å². The first kappa shape index (κ1) is 8.70. The molecular weight excluding hydrogens is 172 g/mol. The summed E-state index contributed by atoms with van der Waals surface area (Å²) in [5.41, 5.74) is 3.06. The topological polar surface area (TPSA) is 17.1 Å². The van der Waals surface area contributed by atoms with Gasteiger partial charge in [0.1, 0.15) is 0 Å². The maximum Gasteiger partial charge on any atom is 0.159 e. The Morgan fingerprint density at radius 3 is 2.64 bits per heavy atom. The minimum Gasteiger partial charge on any atom is -0.295 e. The van der Waals surface area contributed by atoms with Crippen molar-refractivity contribution >= 4 is 5.78 Å². The molecule has 0 heterocycles. The maximum absolute atomic E-state index is 12.0. The molecule has 0 radical (unpaired) electrons. The van der Waals surface area contributed by atoms with Crippen LogP contribution >= 0.6 is 0 Å². The van der Waals surface area contributed by atoms with Crippen LogP contribution < -0.4 is 0 Å². The third-order valence-electron chi connectivity index (χ3n) is 4.29. The number of carbonyl (C=O) groups excluding carboxylic acids is 1. The van der Waals surface area contributed by atoms with Crippen molar-refractivity contribution in [3.8, 4) is 0 Å². The largest absolute Gasteiger partial charge is 0.295 e. The molecule has 0 aromatic rings. The first-order valence-corrected chi connectivity index (χ1v) is 5.85. The number of rotatable bonds is 0. The zero-order valence-corrected chi connectivity index (χ0v) is 9.10. The molecule has 0 amide bonds. The average Bonchev–Trinajstić information content (AvgIpc) is 2.42. The number of fused-ring (bicyclic) bond motifs is 3. The van der Waals surface area contributed by atoms with Crippen molar-refractivity contribution in [3.63, 3.8) is 0 Å². The molecule has 0 saturated heterocycles. The lowest BCUT2D eigenvalue weighted by Gasteiger charge is -2.45. The number of hydrogen-bond acceptors (Lipinski definition) is 1. The van der Waals surface area contributed by atoms with Gasteiger partial charge >= 0.3 is 0 Å². The van der Waals surface area contributed by atoms with Crippen molar-refractivity contribution in [1.82, 2.24) is 0 Å². The monoisotopic (exact) mass is 190 g/mol. The van der Waals surface area contributed by atoms with E-state index in [4.69, 9.17) is 0 Å². The SMILES string of the molecule is CC1(C)CC(=O)C2=C(C1)C1CCCC21. The van der Waals surface area contributed by atoms with Crippen molar-refractivity contribution in [2.75, 3.05) is 0 Å². The number of carbonyl (C=O) groups is 1. The van der Waals surface area contributed by atoms with Crippen LogP contribution in [-0.2, 0) is 4.79 Å². The predicted octanol–water partition coefficient (Wildman–Crippen LogP) is 3.10. The van der Waals surface area contributed by atoms with Crippen LogP contribution in [0.5, 0.6) is 0 Å². The summed E-state index contributed by atoms with van der Waals surface area (Å²) < 4.78 is 0. The Balaban J connectivity index is 1.98. The van der Waals surface area contributed by atoms with Crippen LogP contribution in [0.4, 0.5) is 0 Å². The molecule has 76 valence electrons. The molecular formula is C13H18O. The summed E-state index contributed by atoms with van der Waals surface area (Å²) in [7, 11) is 0. The van der Waals surface area contributed by atoms with E-state index in [1.807, 2.05) is 0 Å². The van der Waals surface area contributed by atoms with Crippen LogP contribution in [-0.4, -0.2) is 5.78 Å². The van der Waals surface area contributed by atoms with E-state index in [9.17, 15) is 4.79 Å². The van der Waals surface area contributed by atoms with Crippen LogP contribution in [0.1, 0.15) is 46.0 Å². The molecule has 0 N–H and O–H groups in total. The van der Waals surface area contributed by atoms with E-state index in [1.54, 1.807) is 5.57 Å². The molecule has 3 aliphatic rings. The second-order valence-electron chi connectivity index (χ2n) is 6.02. The van der Waals surface area contributed by atoms with Gasteiger partial charge in [-0.15, -0.1) is 0 Å². The lowest BCUT2D eigenvalue weighted by Crippen LogP contribution is -2.39. The van der Waals surface area contributed by atoms with Crippen molar-refractivity contribution in [3.05, 3.63) is 11.1 Å². The molecule has 1 saturated carbocycles. The highest BCUT2D eigenvalue weighted by molar-refractivity contribution is 6.00. The summed E-state index contributed by atoms with van der Waals surface area (Å²) in [5, 5.41) is 0. The number of Topliss-reactive ketones (excluding diaryl/α,β-unsaturated/α-hetero) is 1. The third-order valence-corrected chi connectivity index (χ3v) is 4.29. The van der Waals surface area contributed by atoms with E-state index in [0.29, 0.717) is 11.7 Å². The van der Waals surface area contributed by atoms with Gasteiger partial charge in [0.15, 0.2) is 5.78 Å². The highest BCUT2D eigenvalue weighted by atomic mass is 16.1. The predicted molar refractivity (Wildman–Crippen MR) is 55.9 cm³/mol. The second-order valence-corrected chi connectivity index (χ2v) is 6.02. The van der Waals surface area contributed by atoms with Gasteiger partial charge in [-0.05, 0) is 42.1 Å². The molecule has 1 heteroatoms. The van der Waals surface area contributed by atoms with Gasteiger partial charge in [-0.1, -0.05) is 25.8 Å². The summed E-state index contributed by atoms with van der Waals surface area (Å²) in [4.78, 5) is 12.0. The molecule has 0 spiro atoms. The Morgan fingerprint density at radius 2 is 1.86 bits per heavy atom. The van der Waals surface area contributed by atoms with E-state index in [-0.39, 0.29) is 5.41 Å². The molecule has 2 unspecified atom stereocenters. The average molecular weight is 190 g/mol. The summed E-state index contributed by atoms with van der Waals surface area (Å²) in [6, 6.07) is 0. The van der Waals surface area contributed by atoms with Gasteiger partial charge in [-0.3, -0.25) is 4.79 Å². The Kier molecular flexibility index (Phi) is 1.55. The van der Waals surface area contributed by atoms with E-state index in [0.717, 1.165) is 12.3 Å². The molecule has 0 aliphatic heterocycles. The van der Waals surface area contributed by atoms with Gasteiger partial charge < -0.3 is 0 Å². The Bertz CT molecular complexity index is 335. The molecule has 2 atom stereocenters. The molecule has 1 fully saturated rings. The van der Waals surface area contributed by atoms with Crippen molar-refractivity contribution in [1.29, 1.82) is 0 Å². The summed E-state index contributed by atoms with van der Waals surface area (Å²) in [5.74, 6) is 1.97. The van der Waals surface area contributed by atoms with E-state index in [1.165, 1.54) is 31.3 Å². The zero-order chi connectivity index (χ0) is 9.92. The minimum atomic E-state index is 0.240. The number of ketones is 1. The first-order chi connectivity index (χ1) is 6.58. The molecule has 1 nitrogen and oxygen atoms in total. The molecule has 0 bridgehead atoms. The van der Waals surface area contributed by atoms with Gasteiger partial charge in [-0.25, -0.2) is 0 Å². The summed E-state index contributed by atoms with van der Waals surface area (Å²) >= 11 is 0. The molecule has 14 heavy (non-hydrogen) atoms. The summed E-state index contributed by atoms with van der Waals surface area (Å²) in [6.07, 6.45) is 5.96. The highest BCUT2D eigenvalue weighted by Gasteiger charge is 2.50. The molecule has 0 aromatic carbocycles. The van der Waals surface area contributed by atoms with Crippen LogP contribution in [0, 0.1) is 17.3 Å². The fraction of sp³-hybridized carbons (Fsp3) is 0.769. The fourth-order valence-electron chi connectivity index (χ4n) is 3.78. The van der Waals surface area contributed by atoms with Gasteiger partial charge in [0.2, 0.25) is 0 Å². The van der Waals surface area contributed by atoms with Gasteiger partial charge in [0.05, 0.1) is 0 Å². The molecule has 3 aliphatic carbocycles. The highest BCUT2D eigenvalue weighted by Crippen LogP contribution is 2.58. The third kappa shape index (κ3) is 0.986. The fourth-order valence-corrected chi connectivity index (χ4v) is 3.78.